The van der Waals surface area contributed by atoms with Crippen LogP contribution in [0.1, 0.15) is 40.5 Å². The molecule has 2 aromatic carbocycles. The number of carbonyl (C=O) groups excluding carboxylic acids is 5. The summed E-state index contributed by atoms with van der Waals surface area (Å²) in [7, 11) is 0. The van der Waals surface area contributed by atoms with Gasteiger partial charge in [-0.15, -0.1) is 0 Å². The van der Waals surface area contributed by atoms with E-state index in [1.165, 1.54) is 13.0 Å². The van der Waals surface area contributed by atoms with E-state index in [4.69, 9.17) is 4.74 Å². The molecule has 2 N–H and O–H groups in total. The molecule has 0 spiro atoms. The van der Waals surface area contributed by atoms with E-state index in [0.717, 1.165) is 6.26 Å². The molecule has 35 heavy (non-hydrogen) atoms. The first-order valence-corrected chi connectivity index (χ1v) is 11.0. The number of carbonyl (C=O) groups is 5. The molecule has 0 aromatic heterocycles. The number of allylic oxidation sites excluding steroid dienone is 1. The molecule has 2 aliphatic rings. The first kappa shape index (κ1) is 24.0. The van der Waals surface area contributed by atoms with Crippen molar-refractivity contribution < 1.29 is 38.6 Å². The lowest BCUT2D eigenvalue weighted by molar-refractivity contribution is -0.138. The molecular weight excluding hydrogens is 454 g/mol. The highest BCUT2D eigenvalue weighted by molar-refractivity contribution is 6.32. The summed E-state index contributed by atoms with van der Waals surface area (Å²) >= 11 is 0. The van der Waals surface area contributed by atoms with Gasteiger partial charge in [0.25, 0.3) is 0 Å². The van der Waals surface area contributed by atoms with Crippen LogP contribution in [0.4, 0.5) is 4.79 Å². The van der Waals surface area contributed by atoms with Crippen LogP contribution in [-0.4, -0.2) is 53.6 Å². The number of aromatic hydroxyl groups is 1. The second kappa shape index (κ2) is 9.63. The average molecular weight is 477 g/mol. The first-order chi connectivity index (χ1) is 16.8. The van der Waals surface area contributed by atoms with Crippen molar-refractivity contribution in [2.24, 2.45) is 5.92 Å². The lowest BCUT2D eigenvalue weighted by atomic mass is 9.70. The van der Waals surface area contributed by atoms with Crippen LogP contribution in [0, 0.1) is 5.92 Å². The number of ketones is 4. The molecular formula is C26H23NO8. The van der Waals surface area contributed by atoms with Crippen LogP contribution in [0.25, 0.3) is 10.8 Å². The van der Waals surface area contributed by atoms with E-state index in [2.05, 4.69) is 16.6 Å². The highest BCUT2D eigenvalue weighted by Gasteiger charge is 2.48. The normalized spacial score (nSPS) is 19.3. The van der Waals surface area contributed by atoms with Crippen LogP contribution < -0.4 is 5.32 Å². The number of rotatable bonds is 7. The number of benzene rings is 2. The Labute approximate surface area is 200 Å². The van der Waals surface area contributed by atoms with Gasteiger partial charge in [-0.05, 0) is 31.2 Å². The fraction of sp³-hybridized carbons (Fsp3) is 0.269. The molecule has 1 amide bonds. The van der Waals surface area contributed by atoms with Gasteiger partial charge >= 0.3 is 6.09 Å². The molecule has 0 heterocycles. The zero-order valence-corrected chi connectivity index (χ0v) is 19.0. The lowest BCUT2D eigenvalue weighted by Crippen LogP contribution is -2.45. The van der Waals surface area contributed by atoms with Gasteiger partial charge in [-0.25, -0.2) is 4.79 Å². The Morgan fingerprint density at radius 2 is 1.94 bits per heavy atom. The molecule has 2 aromatic rings. The van der Waals surface area contributed by atoms with E-state index in [9.17, 15) is 29.1 Å². The SMILES string of the molecule is C=COC(=O)NCCCOC1C(=O)C(C(C)=O)CC2=C1C(=O)c1cc3ccccc3c(O)c1C2=O. The zero-order chi connectivity index (χ0) is 25.3. The maximum Gasteiger partial charge on any atom is 0.411 e. The van der Waals surface area contributed by atoms with Crippen LogP contribution in [0.5, 0.6) is 5.75 Å². The largest absolute Gasteiger partial charge is 0.507 e. The fourth-order valence-electron chi connectivity index (χ4n) is 4.49. The van der Waals surface area contributed by atoms with Crippen molar-refractivity contribution in [2.45, 2.75) is 25.9 Å². The Morgan fingerprint density at radius 1 is 1.20 bits per heavy atom. The van der Waals surface area contributed by atoms with Gasteiger partial charge in [-0.3, -0.25) is 19.2 Å². The molecule has 0 fully saturated rings. The van der Waals surface area contributed by atoms with E-state index in [0.29, 0.717) is 10.8 Å². The molecule has 0 saturated heterocycles. The summed E-state index contributed by atoms with van der Waals surface area (Å²) in [5.74, 6) is -3.68. The van der Waals surface area contributed by atoms with E-state index in [1.807, 2.05) is 0 Å². The van der Waals surface area contributed by atoms with Crippen molar-refractivity contribution >= 4 is 40.0 Å². The third-order valence-electron chi connectivity index (χ3n) is 6.17. The molecule has 0 bridgehead atoms. The molecule has 9 nitrogen and oxygen atoms in total. The molecule has 4 rings (SSSR count). The molecule has 180 valence electrons. The van der Waals surface area contributed by atoms with Gasteiger partial charge in [0, 0.05) is 35.2 Å². The zero-order valence-electron chi connectivity index (χ0n) is 19.0. The Balaban J connectivity index is 1.68. The van der Waals surface area contributed by atoms with Crippen LogP contribution in [0.3, 0.4) is 0 Å². The van der Waals surface area contributed by atoms with Crippen LogP contribution in [-0.2, 0) is 19.1 Å². The number of fused-ring (bicyclic) bond motifs is 2. The summed E-state index contributed by atoms with van der Waals surface area (Å²) in [6.07, 6.45) is -1.09. The predicted octanol–water partition coefficient (Wildman–Crippen LogP) is 3.04. The van der Waals surface area contributed by atoms with Crippen molar-refractivity contribution in [1.82, 2.24) is 5.32 Å². The van der Waals surface area contributed by atoms with Gasteiger partial charge in [0.15, 0.2) is 17.3 Å². The third-order valence-corrected chi connectivity index (χ3v) is 6.17. The Bertz CT molecular complexity index is 1320. The molecule has 9 heteroatoms. The number of hydrogen-bond donors (Lipinski definition) is 2. The average Bonchev–Trinajstić information content (AvgIpc) is 2.83. The Kier molecular flexibility index (Phi) is 6.61. The van der Waals surface area contributed by atoms with Crippen LogP contribution >= 0.6 is 0 Å². The van der Waals surface area contributed by atoms with Crippen molar-refractivity contribution in [1.29, 1.82) is 0 Å². The van der Waals surface area contributed by atoms with Crippen molar-refractivity contribution in [2.75, 3.05) is 13.2 Å². The van der Waals surface area contributed by atoms with Crippen LogP contribution in [0.2, 0.25) is 0 Å². The molecule has 0 aliphatic heterocycles. The lowest BCUT2D eigenvalue weighted by Gasteiger charge is -2.33. The van der Waals surface area contributed by atoms with Crippen molar-refractivity contribution in [3.05, 3.63) is 65.4 Å². The molecule has 2 atom stereocenters. The van der Waals surface area contributed by atoms with Crippen molar-refractivity contribution in [3.8, 4) is 5.75 Å². The van der Waals surface area contributed by atoms with Gasteiger partial charge in [0.05, 0.1) is 17.7 Å². The highest BCUT2D eigenvalue weighted by atomic mass is 16.5. The number of Topliss-reactive ketones (excluding diaryl/α,β-unsaturated/α-hetero) is 4. The van der Waals surface area contributed by atoms with Gasteiger partial charge in [-0.2, -0.15) is 0 Å². The minimum absolute atomic E-state index is 0.00515. The van der Waals surface area contributed by atoms with E-state index in [-0.39, 0.29) is 54.0 Å². The molecule has 0 radical (unpaired) electrons. The molecule has 2 aliphatic carbocycles. The van der Waals surface area contributed by atoms with E-state index >= 15 is 0 Å². The Hall–Kier alpha value is -4.11. The summed E-state index contributed by atoms with van der Waals surface area (Å²) in [5.41, 5.74) is -0.237. The summed E-state index contributed by atoms with van der Waals surface area (Å²) in [6.45, 7) is 4.64. The second-order valence-electron chi connectivity index (χ2n) is 8.29. The quantitative estimate of drug-likeness (QED) is 0.353. The van der Waals surface area contributed by atoms with Crippen LogP contribution in [0.15, 0.2) is 54.3 Å². The fourth-order valence-corrected chi connectivity index (χ4v) is 4.49. The van der Waals surface area contributed by atoms with Gasteiger partial charge in [0.2, 0.25) is 0 Å². The molecule has 0 saturated carbocycles. The van der Waals surface area contributed by atoms with Gasteiger partial charge in [-0.1, -0.05) is 30.8 Å². The maximum absolute atomic E-state index is 13.6. The van der Waals surface area contributed by atoms with E-state index in [1.54, 1.807) is 24.3 Å². The number of phenols is 1. The number of ether oxygens (including phenoxy) is 2. The first-order valence-electron chi connectivity index (χ1n) is 11.0. The predicted molar refractivity (Wildman–Crippen MR) is 124 cm³/mol. The monoisotopic (exact) mass is 477 g/mol. The molecule has 2 unspecified atom stereocenters. The topological polar surface area (TPSA) is 136 Å². The number of phenolic OH excluding ortho intramolecular Hbond substituents is 1. The second-order valence-corrected chi connectivity index (χ2v) is 8.29. The summed E-state index contributed by atoms with van der Waals surface area (Å²) in [4.78, 5) is 63.7. The summed E-state index contributed by atoms with van der Waals surface area (Å²) in [5, 5.41) is 14.3. The van der Waals surface area contributed by atoms with Gasteiger partial charge < -0.3 is 19.9 Å². The number of hydrogen-bond acceptors (Lipinski definition) is 8. The summed E-state index contributed by atoms with van der Waals surface area (Å²) < 4.78 is 10.3. The highest BCUT2D eigenvalue weighted by Crippen LogP contribution is 2.43. The minimum Gasteiger partial charge on any atom is -0.507 e. The summed E-state index contributed by atoms with van der Waals surface area (Å²) in [6, 6.07) is 8.30. The Morgan fingerprint density at radius 3 is 2.66 bits per heavy atom. The third kappa shape index (κ3) is 4.26. The van der Waals surface area contributed by atoms with Crippen molar-refractivity contribution in [3.63, 3.8) is 0 Å². The minimum atomic E-state index is -1.41. The number of nitrogens with one attached hydrogen (secondary N) is 1. The number of alkyl carbamates (subject to hydrolysis) is 1. The van der Waals surface area contributed by atoms with E-state index < -0.39 is 41.2 Å². The smallest absolute Gasteiger partial charge is 0.411 e. The maximum atomic E-state index is 13.6. The standard InChI is InChI=1S/C26H23NO8/c1-3-34-26(33)27-9-6-10-35-25-20-18(12-16(13(2)28)24(25)32)22(30)19-17(23(20)31)11-14-7-4-5-8-15(14)21(19)29/h3-5,7-8,11,16,25,29H,1,6,9-10,12H2,2H3,(H,27,33). The van der Waals surface area contributed by atoms with Gasteiger partial charge in [0.1, 0.15) is 17.6 Å². The number of amides is 1.